The summed E-state index contributed by atoms with van der Waals surface area (Å²) in [4.78, 5) is 22.3. The predicted octanol–water partition coefficient (Wildman–Crippen LogP) is 4.61. The van der Waals surface area contributed by atoms with Gasteiger partial charge in [-0.25, -0.2) is 13.4 Å². The van der Waals surface area contributed by atoms with Crippen LogP contribution in [0.15, 0.2) is 41.3 Å². The second-order valence-electron chi connectivity index (χ2n) is 8.66. The average molecular weight is 589 g/mol. The summed E-state index contributed by atoms with van der Waals surface area (Å²) in [6, 6.07) is 10.0. The highest BCUT2D eigenvalue weighted by molar-refractivity contribution is 7.91. The fourth-order valence-corrected chi connectivity index (χ4v) is 6.88. The highest BCUT2D eigenvalue weighted by atomic mass is 35.5. The van der Waals surface area contributed by atoms with Crippen LogP contribution in [0.1, 0.15) is 18.4 Å². The van der Waals surface area contributed by atoms with Gasteiger partial charge in [0.25, 0.3) is 0 Å². The first-order valence-electron chi connectivity index (χ1n) is 11.8. The maximum Gasteiger partial charge on any atom is 0.228 e. The number of sulfone groups is 1. The zero-order valence-corrected chi connectivity index (χ0v) is 24.0. The summed E-state index contributed by atoms with van der Waals surface area (Å²) in [5, 5.41) is 1.23. The summed E-state index contributed by atoms with van der Waals surface area (Å²) in [6.45, 7) is 6.09. The van der Waals surface area contributed by atoms with Crippen molar-refractivity contribution in [3.8, 4) is 5.75 Å². The molecule has 1 fully saturated rings. The number of hydrogen-bond acceptors (Lipinski definition) is 8. The van der Waals surface area contributed by atoms with Gasteiger partial charge >= 0.3 is 0 Å². The third-order valence-corrected chi connectivity index (χ3v) is 9.20. The van der Waals surface area contributed by atoms with Crippen LogP contribution in [0.25, 0.3) is 10.2 Å². The quantitative estimate of drug-likeness (QED) is 0.342. The summed E-state index contributed by atoms with van der Waals surface area (Å²) >= 11 is 7.66. The van der Waals surface area contributed by atoms with Gasteiger partial charge in [0, 0.05) is 37.6 Å². The Kier molecular flexibility index (Phi) is 10.6. The van der Waals surface area contributed by atoms with E-state index in [9.17, 15) is 13.2 Å². The number of carbonyl (C=O) groups excluding carboxylic acids is 1. The van der Waals surface area contributed by atoms with E-state index >= 15 is 0 Å². The summed E-state index contributed by atoms with van der Waals surface area (Å²) in [5.74, 6) is 0.333. The molecule has 1 aromatic heterocycles. The lowest BCUT2D eigenvalue weighted by atomic mass is 10.2. The molecule has 3 aromatic rings. The lowest BCUT2D eigenvalue weighted by Gasteiger charge is -2.29. The van der Waals surface area contributed by atoms with Gasteiger partial charge in [0.05, 0.1) is 41.2 Å². The molecular formula is C25H31Cl2N3O5S2. The number of anilines is 1. The van der Waals surface area contributed by atoms with Crippen LogP contribution in [0, 0.1) is 6.92 Å². The number of hydrogen-bond donors (Lipinski definition) is 0. The number of rotatable bonds is 10. The van der Waals surface area contributed by atoms with E-state index in [-0.39, 0.29) is 41.8 Å². The number of ether oxygens (including phenoxy) is 2. The number of carbonyl (C=O) groups is 1. The van der Waals surface area contributed by atoms with Crippen molar-refractivity contribution in [2.45, 2.75) is 24.7 Å². The zero-order chi connectivity index (χ0) is 25.7. The molecule has 1 aliphatic rings. The molecule has 1 aliphatic heterocycles. The molecule has 0 spiro atoms. The molecule has 2 aromatic carbocycles. The topological polar surface area (TPSA) is 89.0 Å². The Balaban J connectivity index is 0.00000380. The van der Waals surface area contributed by atoms with Crippen molar-refractivity contribution < 1.29 is 22.7 Å². The number of amides is 1. The predicted molar refractivity (Wildman–Crippen MR) is 151 cm³/mol. The molecule has 1 amide bonds. The van der Waals surface area contributed by atoms with E-state index in [4.69, 9.17) is 26.1 Å². The molecule has 0 unspecified atom stereocenters. The van der Waals surface area contributed by atoms with Crippen molar-refractivity contribution >= 4 is 66.4 Å². The fourth-order valence-electron chi connectivity index (χ4n) is 4.10. The second kappa shape index (κ2) is 13.2. The van der Waals surface area contributed by atoms with Gasteiger partial charge in [-0.2, -0.15) is 0 Å². The Bertz CT molecular complexity index is 1310. The van der Waals surface area contributed by atoms with Crippen LogP contribution in [0.5, 0.6) is 5.75 Å². The molecule has 8 nitrogen and oxygen atoms in total. The van der Waals surface area contributed by atoms with Gasteiger partial charge in [-0.3, -0.25) is 14.6 Å². The number of halogens is 2. The highest BCUT2D eigenvalue weighted by Gasteiger charge is 2.23. The summed E-state index contributed by atoms with van der Waals surface area (Å²) in [6.07, 6.45) is 0.325. The van der Waals surface area contributed by atoms with Crippen molar-refractivity contribution in [1.29, 1.82) is 0 Å². The minimum atomic E-state index is -3.51. The maximum atomic E-state index is 13.4. The number of aryl methyl sites for hydroxylation is 1. The molecule has 0 aliphatic carbocycles. The van der Waals surface area contributed by atoms with E-state index in [0.29, 0.717) is 42.2 Å². The standard InChI is InChI=1S/C25H30ClN3O5S2.ClH/c1-18-16-19(26)17-22-24(18)27-25(35-22)29(10-9-28-11-13-34-14-12-28)23(30)4-3-15-36(31,32)21-7-5-20(33-2)6-8-21;/h5-8,16-17H,3-4,9-15H2,1-2H3;1H. The largest absolute Gasteiger partial charge is 0.497 e. The monoisotopic (exact) mass is 587 g/mol. The third kappa shape index (κ3) is 7.55. The number of benzene rings is 2. The minimum Gasteiger partial charge on any atom is -0.497 e. The average Bonchev–Trinajstić information content (AvgIpc) is 3.29. The molecule has 12 heteroatoms. The van der Waals surface area contributed by atoms with E-state index in [2.05, 4.69) is 4.90 Å². The van der Waals surface area contributed by atoms with Gasteiger partial charge in [0.2, 0.25) is 5.91 Å². The lowest BCUT2D eigenvalue weighted by Crippen LogP contribution is -2.43. The fraction of sp³-hybridized carbons (Fsp3) is 0.440. The number of fused-ring (bicyclic) bond motifs is 1. The van der Waals surface area contributed by atoms with Gasteiger partial charge in [0.1, 0.15) is 5.75 Å². The molecular weight excluding hydrogens is 557 g/mol. The van der Waals surface area contributed by atoms with Crippen molar-refractivity contribution in [1.82, 2.24) is 9.88 Å². The first kappa shape index (κ1) is 29.6. The van der Waals surface area contributed by atoms with Crippen LogP contribution in [0.4, 0.5) is 5.13 Å². The Hall–Kier alpha value is -1.95. The van der Waals surface area contributed by atoms with Gasteiger partial charge in [-0.15, -0.1) is 12.4 Å². The summed E-state index contributed by atoms with van der Waals surface area (Å²) in [5.41, 5.74) is 1.77. The Labute approximate surface area is 232 Å². The molecule has 202 valence electrons. The number of aromatic nitrogens is 1. The Morgan fingerprint density at radius 3 is 2.59 bits per heavy atom. The Morgan fingerprint density at radius 1 is 1.22 bits per heavy atom. The van der Waals surface area contributed by atoms with Crippen LogP contribution >= 0.6 is 35.3 Å². The second-order valence-corrected chi connectivity index (χ2v) is 12.2. The van der Waals surface area contributed by atoms with Crippen LogP contribution in [0.3, 0.4) is 0 Å². The van der Waals surface area contributed by atoms with Crippen molar-refractivity contribution in [3.63, 3.8) is 0 Å². The number of methoxy groups -OCH3 is 1. The molecule has 0 N–H and O–H groups in total. The molecule has 0 saturated carbocycles. The van der Waals surface area contributed by atoms with E-state index in [1.807, 2.05) is 19.1 Å². The molecule has 0 radical (unpaired) electrons. The van der Waals surface area contributed by atoms with E-state index in [0.717, 1.165) is 28.9 Å². The molecule has 37 heavy (non-hydrogen) atoms. The van der Waals surface area contributed by atoms with E-state index in [1.165, 1.54) is 30.6 Å². The normalized spacial score (nSPS) is 14.4. The SMILES string of the molecule is COc1ccc(S(=O)(=O)CCCC(=O)N(CCN2CCOCC2)c2nc3c(C)cc(Cl)cc3s2)cc1.Cl. The van der Waals surface area contributed by atoms with E-state index in [1.54, 1.807) is 17.0 Å². The third-order valence-electron chi connectivity index (χ3n) is 6.14. The maximum absolute atomic E-state index is 13.4. The van der Waals surface area contributed by atoms with Crippen molar-refractivity contribution in [2.24, 2.45) is 0 Å². The molecule has 2 heterocycles. The van der Waals surface area contributed by atoms with Gasteiger partial charge in [0.15, 0.2) is 15.0 Å². The number of morpholine rings is 1. The zero-order valence-electron chi connectivity index (χ0n) is 20.8. The molecule has 0 atom stereocenters. The van der Waals surface area contributed by atoms with E-state index < -0.39 is 9.84 Å². The number of thiazole rings is 1. The molecule has 0 bridgehead atoms. The first-order valence-corrected chi connectivity index (χ1v) is 14.7. The van der Waals surface area contributed by atoms with Crippen molar-refractivity contribution in [3.05, 3.63) is 47.0 Å². The lowest BCUT2D eigenvalue weighted by molar-refractivity contribution is -0.118. The van der Waals surface area contributed by atoms with Crippen LogP contribution in [-0.4, -0.2) is 76.5 Å². The smallest absolute Gasteiger partial charge is 0.228 e. The summed E-state index contributed by atoms with van der Waals surface area (Å²) in [7, 11) is -1.98. The van der Waals surface area contributed by atoms with Gasteiger partial charge in [-0.1, -0.05) is 22.9 Å². The van der Waals surface area contributed by atoms with Crippen LogP contribution in [-0.2, 0) is 19.4 Å². The van der Waals surface area contributed by atoms with Crippen LogP contribution in [0.2, 0.25) is 5.02 Å². The first-order chi connectivity index (χ1) is 17.3. The van der Waals surface area contributed by atoms with Crippen molar-refractivity contribution in [2.75, 3.05) is 57.2 Å². The molecule has 4 rings (SSSR count). The Morgan fingerprint density at radius 2 is 1.92 bits per heavy atom. The van der Waals surface area contributed by atoms with Crippen LogP contribution < -0.4 is 9.64 Å². The highest BCUT2D eigenvalue weighted by Crippen LogP contribution is 2.33. The minimum absolute atomic E-state index is 0. The van der Waals surface area contributed by atoms with Gasteiger partial charge < -0.3 is 9.47 Å². The number of nitrogens with zero attached hydrogens (tertiary/aromatic N) is 3. The molecule has 1 saturated heterocycles. The van der Waals surface area contributed by atoms with Gasteiger partial charge in [-0.05, 0) is 55.3 Å². The summed E-state index contributed by atoms with van der Waals surface area (Å²) < 4.78 is 37.0.